The molecule has 1 atom stereocenters. The van der Waals surface area contributed by atoms with Crippen molar-refractivity contribution in [1.82, 2.24) is 24.3 Å². The predicted molar refractivity (Wildman–Crippen MR) is 144 cm³/mol. The third kappa shape index (κ3) is 4.98. The molecular formula is C28H39N5O6. The molecule has 3 aliphatic heterocycles. The fraction of sp³-hybridized carbons (Fsp3) is 0.643. The summed E-state index contributed by atoms with van der Waals surface area (Å²) in [5, 5.41) is 11.7. The number of piperidine rings is 2. The molecule has 5 rings (SSSR count). The third-order valence-corrected chi connectivity index (χ3v) is 9.20. The van der Waals surface area contributed by atoms with Crippen LogP contribution in [0.1, 0.15) is 58.1 Å². The van der Waals surface area contributed by atoms with Crippen molar-refractivity contribution in [3.63, 3.8) is 0 Å². The molecule has 0 saturated carbocycles. The number of rotatable bonds is 6. The van der Waals surface area contributed by atoms with Gasteiger partial charge in [0.2, 0.25) is 11.8 Å². The van der Waals surface area contributed by atoms with E-state index in [1.165, 1.54) is 9.47 Å². The zero-order valence-electron chi connectivity index (χ0n) is 23.2. The lowest BCUT2D eigenvalue weighted by atomic mass is 9.62. The van der Waals surface area contributed by atoms with Crippen LogP contribution in [0.15, 0.2) is 23.0 Å². The lowest BCUT2D eigenvalue weighted by molar-refractivity contribution is -0.135. The summed E-state index contributed by atoms with van der Waals surface area (Å²) in [6, 6.07) is 5.07. The van der Waals surface area contributed by atoms with Gasteiger partial charge in [0, 0.05) is 51.6 Å². The molecule has 39 heavy (non-hydrogen) atoms. The zero-order chi connectivity index (χ0) is 28.1. The van der Waals surface area contributed by atoms with E-state index in [2.05, 4.69) is 31.0 Å². The molecular weight excluding hydrogens is 502 g/mol. The Morgan fingerprint density at radius 2 is 1.85 bits per heavy atom. The second-order valence-corrected chi connectivity index (χ2v) is 12.4. The maximum Gasteiger partial charge on any atom is 0.407 e. The van der Waals surface area contributed by atoms with Gasteiger partial charge in [-0.15, -0.1) is 0 Å². The van der Waals surface area contributed by atoms with Crippen molar-refractivity contribution in [2.24, 2.45) is 17.9 Å². The summed E-state index contributed by atoms with van der Waals surface area (Å²) in [5.74, 6) is -0.741. The average molecular weight is 542 g/mol. The van der Waals surface area contributed by atoms with Crippen LogP contribution in [-0.4, -0.2) is 80.8 Å². The number of nitrogens with one attached hydrogen (secondary N) is 1. The standard InChI is InChI=1S/C28H39N5O6/c1-27(2,3)28(10-12-32(13-11-28)26(37)38)17-39-19-15-31(16-19)14-18-6-5-7-20-23(18)30(4)25(36)33(20)21-8-9-22(34)29-24(21)35/h5-7,19,21H,8-17H2,1-4H3,(H,37,38)(H,29,34,35). The molecule has 0 bridgehead atoms. The van der Waals surface area contributed by atoms with Crippen molar-refractivity contribution < 1.29 is 24.2 Å². The highest BCUT2D eigenvalue weighted by Crippen LogP contribution is 2.47. The van der Waals surface area contributed by atoms with Gasteiger partial charge in [-0.2, -0.15) is 0 Å². The first kappa shape index (κ1) is 27.4. The Kier molecular flexibility index (Phi) is 7.09. The van der Waals surface area contributed by atoms with Gasteiger partial charge in [0.05, 0.1) is 23.7 Å². The van der Waals surface area contributed by atoms with Gasteiger partial charge >= 0.3 is 11.8 Å². The number of fused-ring (bicyclic) bond motifs is 1. The first-order chi connectivity index (χ1) is 18.4. The highest BCUT2D eigenvalue weighted by Gasteiger charge is 2.46. The summed E-state index contributed by atoms with van der Waals surface area (Å²) >= 11 is 0. The molecule has 1 aromatic heterocycles. The zero-order valence-corrected chi connectivity index (χ0v) is 23.2. The van der Waals surface area contributed by atoms with Crippen LogP contribution in [-0.2, 0) is 27.9 Å². The van der Waals surface area contributed by atoms with E-state index >= 15 is 0 Å². The Bertz CT molecular complexity index is 1340. The number of nitrogens with zero attached hydrogens (tertiary/aromatic N) is 4. The summed E-state index contributed by atoms with van der Waals surface area (Å²) in [7, 11) is 1.72. The maximum atomic E-state index is 13.2. The molecule has 2 aromatic rings. The molecule has 1 unspecified atom stereocenters. The van der Waals surface area contributed by atoms with Gasteiger partial charge in [0.1, 0.15) is 6.04 Å². The van der Waals surface area contributed by atoms with E-state index in [1.54, 1.807) is 11.6 Å². The Balaban J connectivity index is 1.24. The summed E-state index contributed by atoms with van der Waals surface area (Å²) in [6.07, 6.45) is 1.36. The van der Waals surface area contributed by atoms with Crippen molar-refractivity contribution in [3.8, 4) is 0 Å². The summed E-state index contributed by atoms with van der Waals surface area (Å²) in [6.45, 7) is 10.5. The Labute approximate surface area is 227 Å². The van der Waals surface area contributed by atoms with Gasteiger partial charge in [0.15, 0.2) is 0 Å². The van der Waals surface area contributed by atoms with Crippen molar-refractivity contribution in [1.29, 1.82) is 0 Å². The number of para-hydroxylation sites is 1. The number of benzene rings is 1. The number of carboxylic acid groups (broad SMARTS) is 1. The predicted octanol–water partition coefficient (Wildman–Crippen LogP) is 2.32. The van der Waals surface area contributed by atoms with Crippen LogP contribution >= 0.6 is 0 Å². The van der Waals surface area contributed by atoms with E-state index < -0.39 is 18.0 Å². The molecule has 1 aromatic carbocycles. The minimum atomic E-state index is -0.854. The lowest BCUT2D eigenvalue weighted by Gasteiger charge is -2.51. The fourth-order valence-electron chi connectivity index (χ4n) is 6.39. The SMILES string of the molecule is Cn1c(=O)n(C2CCC(=O)NC2=O)c2cccc(CN3CC(OCC4(C(C)(C)C)CCN(C(=O)O)CC4)C3)c21. The number of aromatic nitrogens is 2. The molecule has 212 valence electrons. The summed E-state index contributed by atoms with van der Waals surface area (Å²) in [4.78, 5) is 52.5. The van der Waals surface area contributed by atoms with E-state index in [4.69, 9.17) is 4.74 Å². The highest BCUT2D eigenvalue weighted by atomic mass is 16.5. The Morgan fingerprint density at radius 1 is 1.15 bits per heavy atom. The van der Waals surface area contributed by atoms with E-state index in [-0.39, 0.29) is 35.0 Å². The van der Waals surface area contributed by atoms with Crippen molar-refractivity contribution in [2.75, 3.05) is 32.8 Å². The lowest BCUT2D eigenvalue weighted by Crippen LogP contribution is -2.55. The number of carbonyl (C=O) groups excluding carboxylic acids is 2. The second kappa shape index (κ2) is 10.1. The topological polar surface area (TPSA) is 126 Å². The Morgan fingerprint density at radius 3 is 2.46 bits per heavy atom. The van der Waals surface area contributed by atoms with Gasteiger partial charge in [-0.05, 0) is 36.3 Å². The minimum absolute atomic E-state index is 0.00284. The van der Waals surface area contributed by atoms with Crippen molar-refractivity contribution in [2.45, 2.75) is 65.1 Å². The number of imide groups is 1. The molecule has 3 aliphatic rings. The van der Waals surface area contributed by atoms with Gasteiger partial charge in [-0.1, -0.05) is 32.9 Å². The number of hydrogen-bond acceptors (Lipinski definition) is 6. The highest BCUT2D eigenvalue weighted by molar-refractivity contribution is 6.00. The fourth-order valence-corrected chi connectivity index (χ4v) is 6.39. The smallest absolute Gasteiger partial charge is 0.407 e. The first-order valence-electron chi connectivity index (χ1n) is 13.7. The minimum Gasteiger partial charge on any atom is -0.465 e. The number of carbonyl (C=O) groups is 3. The number of ether oxygens (including phenoxy) is 1. The number of imidazole rings is 1. The van der Waals surface area contributed by atoms with Crippen LogP contribution in [0.3, 0.4) is 0 Å². The van der Waals surface area contributed by atoms with Gasteiger partial charge in [-0.3, -0.25) is 28.9 Å². The molecule has 3 saturated heterocycles. The molecule has 3 amide bonds. The molecule has 11 nitrogen and oxygen atoms in total. The van der Waals surface area contributed by atoms with E-state index in [1.807, 2.05) is 18.2 Å². The normalized spacial score (nSPS) is 22.7. The van der Waals surface area contributed by atoms with Crippen LogP contribution in [0.5, 0.6) is 0 Å². The van der Waals surface area contributed by atoms with Crippen LogP contribution in [0, 0.1) is 10.8 Å². The number of likely N-dealkylation sites (tertiary alicyclic amines) is 2. The molecule has 0 radical (unpaired) electrons. The first-order valence-corrected chi connectivity index (χ1v) is 13.7. The molecule has 2 N–H and O–H groups in total. The monoisotopic (exact) mass is 541 g/mol. The average Bonchev–Trinajstić information content (AvgIpc) is 3.10. The van der Waals surface area contributed by atoms with Crippen molar-refractivity contribution >= 4 is 28.9 Å². The molecule has 4 heterocycles. The van der Waals surface area contributed by atoms with E-state index in [0.717, 1.165) is 37.0 Å². The summed E-state index contributed by atoms with van der Waals surface area (Å²) in [5.41, 5.74) is 2.16. The molecule has 3 fully saturated rings. The van der Waals surface area contributed by atoms with Crippen LogP contribution in [0.25, 0.3) is 11.0 Å². The molecule has 11 heteroatoms. The largest absolute Gasteiger partial charge is 0.465 e. The van der Waals surface area contributed by atoms with Crippen LogP contribution < -0.4 is 11.0 Å². The van der Waals surface area contributed by atoms with Crippen LogP contribution in [0.2, 0.25) is 0 Å². The van der Waals surface area contributed by atoms with Gasteiger partial charge in [0.25, 0.3) is 0 Å². The maximum absolute atomic E-state index is 13.2. The third-order valence-electron chi connectivity index (χ3n) is 9.20. The Hall–Kier alpha value is -3.18. The molecule has 0 spiro atoms. The number of hydrogen-bond donors (Lipinski definition) is 2. The van der Waals surface area contributed by atoms with Crippen molar-refractivity contribution in [3.05, 3.63) is 34.2 Å². The number of aryl methyl sites for hydroxylation is 1. The van der Waals surface area contributed by atoms with Gasteiger partial charge < -0.3 is 14.7 Å². The van der Waals surface area contributed by atoms with Crippen LogP contribution in [0.4, 0.5) is 4.79 Å². The number of amides is 3. The van der Waals surface area contributed by atoms with E-state index in [9.17, 15) is 24.3 Å². The summed E-state index contributed by atoms with van der Waals surface area (Å²) < 4.78 is 9.52. The van der Waals surface area contributed by atoms with E-state index in [0.29, 0.717) is 38.2 Å². The second-order valence-electron chi connectivity index (χ2n) is 12.4. The van der Waals surface area contributed by atoms with Gasteiger partial charge in [-0.25, -0.2) is 9.59 Å². The quantitative estimate of drug-likeness (QED) is 0.538. The molecule has 0 aliphatic carbocycles.